The zero-order chi connectivity index (χ0) is 12.8. The van der Waals surface area contributed by atoms with Crippen molar-refractivity contribution in [3.63, 3.8) is 0 Å². The van der Waals surface area contributed by atoms with Gasteiger partial charge in [0.15, 0.2) is 0 Å². The van der Waals surface area contributed by atoms with Crippen molar-refractivity contribution < 1.29 is 4.79 Å². The maximum absolute atomic E-state index is 11.8. The Labute approximate surface area is 105 Å². The van der Waals surface area contributed by atoms with E-state index in [4.69, 9.17) is 0 Å². The largest absolute Gasteiger partial charge is 0.347 e. The van der Waals surface area contributed by atoms with E-state index in [1.807, 2.05) is 6.92 Å². The molecule has 0 saturated carbocycles. The molecule has 2 N–H and O–H groups in total. The summed E-state index contributed by atoms with van der Waals surface area (Å²) < 4.78 is 1.63. The van der Waals surface area contributed by atoms with Crippen LogP contribution in [0.25, 0.3) is 0 Å². The summed E-state index contributed by atoms with van der Waals surface area (Å²) in [6.07, 6.45) is 7.93. The van der Waals surface area contributed by atoms with Gasteiger partial charge in [0, 0.05) is 25.0 Å². The van der Waals surface area contributed by atoms with E-state index in [0.29, 0.717) is 13.0 Å². The van der Waals surface area contributed by atoms with Gasteiger partial charge in [-0.3, -0.25) is 9.48 Å². The average Bonchev–Trinajstić information content (AvgIpc) is 3.05. The molecule has 0 radical (unpaired) electrons. The molecule has 2 heterocycles. The Morgan fingerprint density at radius 3 is 3.06 bits per heavy atom. The van der Waals surface area contributed by atoms with Crippen molar-refractivity contribution in [2.75, 3.05) is 0 Å². The Kier molecular flexibility index (Phi) is 4.06. The van der Waals surface area contributed by atoms with E-state index in [1.165, 1.54) is 0 Å². The number of rotatable bonds is 6. The van der Waals surface area contributed by atoms with Crippen LogP contribution >= 0.6 is 0 Å². The summed E-state index contributed by atoms with van der Waals surface area (Å²) in [7, 11) is 0. The highest BCUT2D eigenvalue weighted by molar-refractivity contribution is 5.76. The van der Waals surface area contributed by atoms with Crippen LogP contribution in [0, 0.1) is 0 Å². The SMILES string of the molecule is CCC(NC(=O)CCn1ccnn1)c1ncc[nH]1. The molecule has 2 rings (SSSR count). The van der Waals surface area contributed by atoms with Gasteiger partial charge in [-0.25, -0.2) is 4.98 Å². The van der Waals surface area contributed by atoms with Gasteiger partial charge in [0.2, 0.25) is 5.91 Å². The van der Waals surface area contributed by atoms with E-state index in [1.54, 1.807) is 29.5 Å². The van der Waals surface area contributed by atoms with Gasteiger partial charge in [0.25, 0.3) is 0 Å². The Bertz CT molecular complexity index is 464. The third-order valence-electron chi connectivity index (χ3n) is 2.63. The summed E-state index contributed by atoms with van der Waals surface area (Å²) in [6, 6.07) is -0.0664. The molecule has 0 aromatic carbocycles. The molecule has 0 aliphatic rings. The molecule has 96 valence electrons. The number of hydrogen-bond donors (Lipinski definition) is 2. The van der Waals surface area contributed by atoms with Crippen LogP contribution in [0.1, 0.15) is 31.6 Å². The molecule has 0 aliphatic carbocycles. The van der Waals surface area contributed by atoms with Crippen LogP contribution in [0.15, 0.2) is 24.8 Å². The molecule has 18 heavy (non-hydrogen) atoms. The van der Waals surface area contributed by atoms with Gasteiger partial charge in [-0.15, -0.1) is 5.10 Å². The van der Waals surface area contributed by atoms with Crippen LogP contribution in [-0.4, -0.2) is 30.9 Å². The monoisotopic (exact) mass is 248 g/mol. The summed E-state index contributed by atoms with van der Waals surface area (Å²) in [5.74, 6) is 0.764. The van der Waals surface area contributed by atoms with Crippen molar-refractivity contribution in [1.82, 2.24) is 30.3 Å². The van der Waals surface area contributed by atoms with Crippen LogP contribution in [0.5, 0.6) is 0 Å². The fourth-order valence-corrected chi connectivity index (χ4v) is 1.67. The number of nitrogens with one attached hydrogen (secondary N) is 2. The van der Waals surface area contributed by atoms with E-state index < -0.39 is 0 Å². The van der Waals surface area contributed by atoms with Gasteiger partial charge in [0.05, 0.1) is 18.8 Å². The van der Waals surface area contributed by atoms with E-state index in [9.17, 15) is 4.79 Å². The number of aryl methyl sites for hydroxylation is 1. The van der Waals surface area contributed by atoms with E-state index in [2.05, 4.69) is 25.6 Å². The number of hydrogen-bond acceptors (Lipinski definition) is 4. The minimum absolute atomic E-state index is 0.0197. The van der Waals surface area contributed by atoms with Crippen molar-refractivity contribution in [3.8, 4) is 0 Å². The molecule has 0 fully saturated rings. The first kappa shape index (κ1) is 12.3. The van der Waals surface area contributed by atoms with Crippen LogP contribution in [-0.2, 0) is 11.3 Å². The van der Waals surface area contributed by atoms with Crippen molar-refractivity contribution in [1.29, 1.82) is 0 Å². The first-order valence-electron chi connectivity index (χ1n) is 5.92. The van der Waals surface area contributed by atoms with Crippen LogP contribution in [0.2, 0.25) is 0 Å². The molecular formula is C11H16N6O. The minimum atomic E-state index is -0.0664. The summed E-state index contributed by atoms with van der Waals surface area (Å²) in [6.45, 7) is 2.53. The van der Waals surface area contributed by atoms with Crippen molar-refractivity contribution in [2.24, 2.45) is 0 Å². The van der Waals surface area contributed by atoms with Crippen LogP contribution in [0.4, 0.5) is 0 Å². The van der Waals surface area contributed by atoms with E-state index in [-0.39, 0.29) is 11.9 Å². The van der Waals surface area contributed by atoms with Gasteiger partial charge in [-0.2, -0.15) is 0 Å². The maximum Gasteiger partial charge on any atom is 0.222 e. The fraction of sp³-hybridized carbons (Fsp3) is 0.455. The maximum atomic E-state index is 11.8. The summed E-state index contributed by atoms with van der Waals surface area (Å²) >= 11 is 0. The number of H-pyrrole nitrogens is 1. The predicted octanol–water partition coefficient (Wildman–Crippen LogP) is 0.659. The second-order valence-corrected chi connectivity index (χ2v) is 3.92. The molecule has 0 spiro atoms. The van der Waals surface area contributed by atoms with Gasteiger partial charge in [-0.05, 0) is 6.42 Å². The van der Waals surface area contributed by atoms with Crippen LogP contribution in [0.3, 0.4) is 0 Å². The lowest BCUT2D eigenvalue weighted by atomic mass is 10.2. The van der Waals surface area contributed by atoms with Gasteiger partial charge >= 0.3 is 0 Å². The van der Waals surface area contributed by atoms with Gasteiger partial charge in [0.1, 0.15) is 5.82 Å². The molecule has 2 aromatic heterocycles. The summed E-state index contributed by atoms with van der Waals surface area (Å²) in [4.78, 5) is 19.0. The van der Waals surface area contributed by atoms with E-state index in [0.717, 1.165) is 12.2 Å². The van der Waals surface area contributed by atoms with Crippen LogP contribution < -0.4 is 5.32 Å². The molecule has 0 aliphatic heterocycles. The highest BCUT2D eigenvalue weighted by atomic mass is 16.1. The number of carbonyl (C=O) groups excluding carboxylic acids is 1. The molecule has 0 saturated heterocycles. The third kappa shape index (κ3) is 3.16. The lowest BCUT2D eigenvalue weighted by Gasteiger charge is -2.14. The van der Waals surface area contributed by atoms with Crippen molar-refractivity contribution in [3.05, 3.63) is 30.6 Å². The second kappa shape index (κ2) is 5.95. The molecule has 1 unspecified atom stereocenters. The standard InChI is InChI=1S/C11H16N6O/c1-2-9(11-12-4-5-13-11)15-10(18)3-7-17-8-6-14-16-17/h4-6,8-9H,2-3,7H2,1H3,(H,12,13)(H,15,18). The molecule has 7 nitrogen and oxygen atoms in total. The van der Waals surface area contributed by atoms with Crippen molar-refractivity contribution >= 4 is 5.91 Å². The summed E-state index contributed by atoms with van der Waals surface area (Å²) in [5, 5.41) is 10.4. The number of carbonyl (C=O) groups is 1. The Morgan fingerprint density at radius 1 is 1.56 bits per heavy atom. The molecular weight excluding hydrogens is 232 g/mol. The Hall–Kier alpha value is -2.18. The number of nitrogens with zero attached hydrogens (tertiary/aromatic N) is 4. The van der Waals surface area contributed by atoms with Gasteiger partial charge in [-0.1, -0.05) is 12.1 Å². The molecule has 2 aromatic rings. The fourth-order valence-electron chi connectivity index (χ4n) is 1.67. The molecule has 7 heteroatoms. The average molecular weight is 248 g/mol. The molecule has 1 amide bonds. The number of amides is 1. The number of aromatic nitrogens is 5. The predicted molar refractivity (Wildman–Crippen MR) is 64.4 cm³/mol. The quantitative estimate of drug-likeness (QED) is 0.786. The summed E-state index contributed by atoms with van der Waals surface area (Å²) in [5.41, 5.74) is 0. The van der Waals surface area contributed by atoms with Gasteiger partial charge < -0.3 is 10.3 Å². The lowest BCUT2D eigenvalue weighted by molar-refractivity contribution is -0.122. The number of imidazole rings is 1. The Balaban J connectivity index is 1.82. The first-order chi connectivity index (χ1) is 8.79. The third-order valence-corrected chi connectivity index (χ3v) is 2.63. The molecule has 0 bridgehead atoms. The lowest BCUT2D eigenvalue weighted by Crippen LogP contribution is -2.29. The molecule has 1 atom stereocenters. The second-order valence-electron chi connectivity index (χ2n) is 3.92. The highest BCUT2D eigenvalue weighted by Crippen LogP contribution is 2.11. The normalized spacial score (nSPS) is 12.3. The highest BCUT2D eigenvalue weighted by Gasteiger charge is 2.14. The Morgan fingerprint density at radius 2 is 2.44 bits per heavy atom. The topological polar surface area (TPSA) is 88.5 Å². The smallest absolute Gasteiger partial charge is 0.222 e. The minimum Gasteiger partial charge on any atom is -0.347 e. The zero-order valence-corrected chi connectivity index (χ0v) is 10.2. The zero-order valence-electron chi connectivity index (χ0n) is 10.2. The first-order valence-corrected chi connectivity index (χ1v) is 5.92. The van der Waals surface area contributed by atoms with E-state index >= 15 is 0 Å². The van der Waals surface area contributed by atoms with Crippen molar-refractivity contribution in [2.45, 2.75) is 32.4 Å². The number of aromatic amines is 1.